The molecule has 136 valence electrons. The van der Waals surface area contributed by atoms with Crippen LogP contribution in [0, 0.1) is 6.92 Å². The van der Waals surface area contributed by atoms with Gasteiger partial charge in [0.1, 0.15) is 11.8 Å². The summed E-state index contributed by atoms with van der Waals surface area (Å²) in [4.78, 5) is 23.1. The number of nitrogens with zero attached hydrogens (tertiary/aromatic N) is 3. The molecule has 2 atom stereocenters. The fraction of sp³-hybridized carbons (Fsp3) is 0.450. The molecule has 1 amide bonds. The van der Waals surface area contributed by atoms with Crippen molar-refractivity contribution in [3.63, 3.8) is 0 Å². The summed E-state index contributed by atoms with van der Waals surface area (Å²) in [6.45, 7) is 3.82. The Kier molecular flexibility index (Phi) is 4.59. The third kappa shape index (κ3) is 3.55. The van der Waals surface area contributed by atoms with Crippen LogP contribution in [0.5, 0.6) is 5.88 Å². The monoisotopic (exact) mass is 353 g/mol. The molecule has 6 nitrogen and oxygen atoms in total. The molecule has 0 aromatic carbocycles. The third-order valence-electron chi connectivity index (χ3n) is 5.06. The van der Waals surface area contributed by atoms with Crippen LogP contribution in [0.15, 0.2) is 42.7 Å². The van der Waals surface area contributed by atoms with Gasteiger partial charge >= 0.3 is 0 Å². The van der Waals surface area contributed by atoms with Crippen molar-refractivity contribution < 1.29 is 14.3 Å². The molecule has 0 aliphatic carbocycles. The van der Waals surface area contributed by atoms with Crippen molar-refractivity contribution in [2.24, 2.45) is 0 Å². The average Bonchev–Trinajstić information content (AvgIpc) is 3.04. The lowest BCUT2D eigenvalue weighted by molar-refractivity contribution is -0.0454. The molecule has 2 aromatic heterocycles. The summed E-state index contributed by atoms with van der Waals surface area (Å²) in [7, 11) is 0. The number of ether oxygens (including phenoxy) is 2. The van der Waals surface area contributed by atoms with E-state index in [1.54, 1.807) is 18.5 Å². The number of pyridine rings is 2. The lowest BCUT2D eigenvalue weighted by atomic mass is 9.89. The lowest BCUT2D eigenvalue weighted by Crippen LogP contribution is -2.50. The second kappa shape index (κ2) is 7.03. The Labute approximate surface area is 153 Å². The van der Waals surface area contributed by atoms with Gasteiger partial charge in [-0.2, -0.15) is 0 Å². The number of rotatable bonds is 3. The van der Waals surface area contributed by atoms with Gasteiger partial charge in [-0.3, -0.25) is 9.78 Å². The van der Waals surface area contributed by atoms with Crippen molar-refractivity contribution in [1.82, 2.24) is 14.9 Å². The van der Waals surface area contributed by atoms with E-state index in [9.17, 15) is 4.79 Å². The molecule has 2 aliphatic rings. The molecule has 2 fully saturated rings. The molecular formula is C20H23N3O3. The number of amides is 1. The van der Waals surface area contributed by atoms with Crippen LogP contribution in [0.2, 0.25) is 0 Å². The van der Waals surface area contributed by atoms with E-state index in [-0.39, 0.29) is 17.6 Å². The molecule has 26 heavy (non-hydrogen) atoms. The number of carbonyl (C=O) groups is 1. The van der Waals surface area contributed by atoms with E-state index in [4.69, 9.17) is 9.47 Å². The maximum absolute atomic E-state index is 12.8. The first kappa shape index (κ1) is 17.0. The van der Waals surface area contributed by atoms with Gasteiger partial charge in [0.25, 0.3) is 5.91 Å². The fourth-order valence-corrected chi connectivity index (χ4v) is 3.78. The maximum atomic E-state index is 12.8. The van der Waals surface area contributed by atoms with E-state index in [2.05, 4.69) is 9.97 Å². The standard InChI is InChI=1S/C20H23N3O3/c1-15-6-7-17(22-12-15)19(24)23-10-4-8-20(14-23)11-16(13-25-20)26-18-5-2-3-9-21-18/h2-3,5-7,9,12,16H,4,8,10-11,13-14H2,1H3/t16-,20+/m1/s1. The fourth-order valence-electron chi connectivity index (χ4n) is 3.78. The van der Waals surface area contributed by atoms with Gasteiger partial charge in [0.05, 0.1) is 18.8 Å². The number of aromatic nitrogens is 2. The van der Waals surface area contributed by atoms with E-state index < -0.39 is 0 Å². The van der Waals surface area contributed by atoms with Crippen molar-refractivity contribution in [3.05, 3.63) is 54.0 Å². The quantitative estimate of drug-likeness (QED) is 0.849. The van der Waals surface area contributed by atoms with Gasteiger partial charge in [-0.25, -0.2) is 4.98 Å². The van der Waals surface area contributed by atoms with Crippen LogP contribution < -0.4 is 4.74 Å². The molecule has 2 saturated heterocycles. The van der Waals surface area contributed by atoms with Crippen LogP contribution in [0.4, 0.5) is 0 Å². The summed E-state index contributed by atoms with van der Waals surface area (Å²) < 4.78 is 12.1. The van der Waals surface area contributed by atoms with Gasteiger partial charge in [0.2, 0.25) is 5.88 Å². The zero-order chi connectivity index (χ0) is 18.0. The van der Waals surface area contributed by atoms with Gasteiger partial charge in [0, 0.05) is 31.4 Å². The minimum absolute atomic E-state index is 0.0261. The van der Waals surface area contributed by atoms with E-state index >= 15 is 0 Å². The molecule has 0 bridgehead atoms. The number of carbonyl (C=O) groups excluding carboxylic acids is 1. The largest absolute Gasteiger partial charge is 0.472 e. The minimum Gasteiger partial charge on any atom is -0.472 e. The smallest absolute Gasteiger partial charge is 0.272 e. The number of hydrogen-bond acceptors (Lipinski definition) is 5. The van der Waals surface area contributed by atoms with E-state index in [0.29, 0.717) is 24.7 Å². The molecule has 0 unspecified atom stereocenters. The summed E-state index contributed by atoms with van der Waals surface area (Å²) in [5.41, 5.74) is 1.22. The highest BCUT2D eigenvalue weighted by atomic mass is 16.6. The normalized spacial score (nSPS) is 25.4. The summed E-state index contributed by atoms with van der Waals surface area (Å²) in [6.07, 6.45) is 6.06. The highest BCUT2D eigenvalue weighted by Crippen LogP contribution is 2.36. The van der Waals surface area contributed by atoms with Gasteiger partial charge < -0.3 is 14.4 Å². The highest BCUT2D eigenvalue weighted by molar-refractivity contribution is 5.92. The molecule has 4 heterocycles. The van der Waals surface area contributed by atoms with Gasteiger partial charge in [0.15, 0.2) is 0 Å². The lowest BCUT2D eigenvalue weighted by Gasteiger charge is -2.39. The van der Waals surface area contributed by atoms with Crippen LogP contribution in [0.1, 0.15) is 35.3 Å². The molecule has 4 rings (SSSR count). The maximum Gasteiger partial charge on any atom is 0.272 e. The van der Waals surface area contributed by atoms with Crippen LogP contribution >= 0.6 is 0 Å². The SMILES string of the molecule is Cc1ccc(C(=O)N2CCC[C@]3(C[C@@H](Oc4ccccn4)CO3)C2)nc1. The summed E-state index contributed by atoms with van der Waals surface area (Å²) in [5.74, 6) is 0.590. The first-order chi connectivity index (χ1) is 12.6. The molecule has 0 saturated carbocycles. The second-order valence-electron chi connectivity index (χ2n) is 7.16. The van der Waals surface area contributed by atoms with E-state index in [1.165, 1.54) is 0 Å². The Morgan fingerprint density at radius 2 is 2.23 bits per heavy atom. The zero-order valence-corrected chi connectivity index (χ0v) is 14.9. The second-order valence-corrected chi connectivity index (χ2v) is 7.16. The number of likely N-dealkylation sites (tertiary alicyclic amines) is 1. The van der Waals surface area contributed by atoms with Crippen LogP contribution in [-0.4, -0.2) is 52.2 Å². The third-order valence-corrected chi connectivity index (χ3v) is 5.06. The summed E-state index contributed by atoms with van der Waals surface area (Å²) >= 11 is 0. The number of piperidine rings is 1. The summed E-state index contributed by atoms with van der Waals surface area (Å²) in [6, 6.07) is 9.33. The predicted octanol–water partition coefficient (Wildman–Crippen LogP) is 2.63. The molecule has 0 radical (unpaired) electrons. The Morgan fingerprint density at radius 3 is 3.00 bits per heavy atom. The van der Waals surface area contributed by atoms with Crippen molar-refractivity contribution >= 4 is 5.91 Å². The molecule has 6 heteroatoms. The minimum atomic E-state index is -0.321. The number of aryl methyl sites for hydroxylation is 1. The van der Waals surface area contributed by atoms with Crippen molar-refractivity contribution in [2.45, 2.75) is 37.9 Å². The van der Waals surface area contributed by atoms with Crippen LogP contribution in [-0.2, 0) is 4.74 Å². The first-order valence-corrected chi connectivity index (χ1v) is 9.07. The molecule has 0 N–H and O–H groups in total. The van der Waals surface area contributed by atoms with Gasteiger partial charge in [-0.05, 0) is 37.5 Å². The number of hydrogen-bond donors (Lipinski definition) is 0. The summed E-state index contributed by atoms with van der Waals surface area (Å²) in [5, 5.41) is 0. The molecular weight excluding hydrogens is 330 g/mol. The first-order valence-electron chi connectivity index (χ1n) is 9.07. The van der Waals surface area contributed by atoms with Crippen molar-refractivity contribution in [2.75, 3.05) is 19.7 Å². The molecule has 2 aliphatic heterocycles. The Bertz CT molecular complexity index is 766. The van der Waals surface area contributed by atoms with Crippen LogP contribution in [0.3, 0.4) is 0 Å². The van der Waals surface area contributed by atoms with E-state index in [1.807, 2.05) is 36.1 Å². The van der Waals surface area contributed by atoms with E-state index in [0.717, 1.165) is 31.4 Å². The van der Waals surface area contributed by atoms with Crippen molar-refractivity contribution in [3.8, 4) is 5.88 Å². The van der Waals surface area contributed by atoms with Crippen LogP contribution in [0.25, 0.3) is 0 Å². The molecule has 1 spiro atoms. The zero-order valence-electron chi connectivity index (χ0n) is 14.9. The topological polar surface area (TPSA) is 64.6 Å². The Morgan fingerprint density at radius 1 is 1.31 bits per heavy atom. The average molecular weight is 353 g/mol. The van der Waals surface area contributed by atoms with Gasteiger partial charge in [-0.15, -0.1) is 0 Å². The highest BCUT2D eigenvalue weighted by Gasteiger charge is 2.45. The predicted molar refractivity (Wildman–Crippen MR) is 96.1 cm³/mol. The van der Waals surface area contributed by atoms with Crippen molar-refractivity contribution in [1.29, 1.82) is 0 Å². The molecule has 2 aromatic rings. The van der Waals surface area contributed by atoms with Gasteiger partial charge in [-0.1, -0.05) is 12.1 Å². The Hall–Kier alpha value is -2.47. The Balaban J connectivity index is 1.41.